The molecule has 19 heavy (non-hydrogen) atoms. The number of aliphatic hydroxyl groups is 1. The van der Waals surface area contributed by atoms with Crippen molar-refractivity contribution in [1.82, 2.24) is 4.90 Å². The molecule has 0 saturated carbocycles. The lowest BCUT2D eigenvalue weighted by molar-refractivity contribution is -0.133. The number of hydrogen-bond acceptors (Lipinski definition) is 3. The Hall–Kier alpha value is -1.26. The van der Waals surface area contributed by atoms with Crippen molar-refractivity contribution in [2.24, 2.45) is 0 Å². The van der Waals surface area contributed by atoms with Crippen LogP contribution in [0, 0.1) is 0 Å². The van der Waals surface area contributed by atoms with E-state index < -0.39 is 6.10 Å². The van der Waals surface area contributed by atoms with Gasteiger partial charge in [-0.1, -0.05) is 11.6 Å². The zero-order valence-corrected chi connectivity index (χ0v) is 12.4. The Kier molecular flexibility index (Phi) is 5.63. The smallest absolute Gasteiger partial charge is 0.260 e. The third kappa shape index (κ3) is 4.40. The Bertz CT molecular complexity index is 446. The fraction of sp³-hybridized carbons (Fsp3) is 0.500. The maximum Gasteiger partial charge on any atom is 0.260 e. The first kappa shape index (κ1) is 15.8. The number of carbonyl (C=O) groups is 1. The Morgan fingerprint density at radius 3 is 2.58 bits per heavy atom. The Morgan fingerprint density at radius 2 is 2.05 bits per heavy atom. The van der Waals surface area contributed by atoms with Crippen molar-refractivity contribution < 1.29 is 14.6 Å². The molecule has 1 amide bonds. The molecule has 1 atom stereocenters. The van der Waals surface area contributed by atoms with Crippen LogP contribution in [0.4, 0.5) is 0 Å². The molecular formula is C14H20ClNO3. The zero-order valence-electron chi connectivity index (χ0n) is 11.7. The third-order valence-electron chi connectivity index (χ3n) is 2.94. The molecule has 5 heteroatoms. The predicted molar refractivity (Wildman–Crippen MR) is 75.5 cm³/mol. The predicted octanol–water partition coefficient (Wildman–Crippen LogP) is 2.64. The van der Waals surface area contributed by atoms with E-state index >= 15 is 0 Å². The number of aliphatic hydroxyl groups excluding tert-OH is 1. The van der Waals surface area contributed by atoms with E-state index in [1.807, 2.05) is 13.8 Å². The van der Waals surface area contributed by atoms with Gasteiger partial charge in [-0.05, 0) is 39.0 Å². The standard InChI is InChI=1S/C14H20ClNO3/c1-9(2)16(4)14(18)8-19-13-6-5-11(15)7-12(13)10(3)17/h5-7,9-10,17H,8H2,1-4H3/t10-/m1/s1. The summed E-state index contributed by atoms with van der Waals surface area (Å²) in [6.45, 7) is 5.43. The lowest BCUT2D eigenvalue weighted by Crippen LogP contribution is -2.36. The first-order valence-corrected chi connectivity index (χ1v) is 6.56. The van der Waals surface area contributed by atoms with Gasteiger partial charge in [-0.3, -0.25) is 4.79 Å². The van der Waals surface area contributed by atoms with Gasteiger partial charge in [-0.2, -0.15) is 0 Å². The van der Waals surface area contributed by atoms with Gasteiger partial charge in [0.1, 0.15) is 5.75 Å². The minimum atomic E-state index is -0.702. The summed E-state index contributed by atoms with van der Waals surface area (Å²) in [5, 5.41) is 10.2. The molecule has 4 nitrogen and oxygen atoms in total. The van der Waals surface area contributed by atoms with Gasteiger partial charge < -0.3 is 14.7 Å². The highest BCUT2D eigenvalue weighted by molar-refractivity contribution is 6.30. The quantitative estimate of drug-likeness (QED) is 0.905. The van der Waals surface area contributed by atoms with Crippen molar-refractivity contribution in [3.63, 3.8) is 0 Å². The molecule has 1 aromatic carbocycles. The van der Waals surface area contributed by atoms with Crippen molar-refractivity contribution in [3.05, 3.63) is 28.8 Å². The van der Waals surface area contributed by atoms with E-state index in [9.17, 15) is 9.90 Å². The average molecular weight is 286 g/mol. The van der Waals surface area contributed by atoms with Gasteiger partial charge >= 0.3 is 0 Å². The summed E-state index contributed by atoms with van der Waals surface area (Å²) in [5.74, 6) is 0.367. The number of nitrogens with zero attached hydrogens (tertiary/aromatic N) is 1. The molecule has 0 heterocycles. The highest BCUT2D eigenvalue weighted by Gasteiger charge is 2.15. The van der Waals surface area contributed by atoms with E-state index in [1.165, 1.54) is 0 Å². The van der Waals surface area contributed by atoms with Crippen molar-refractivity contribution in [2.75, 3.05) is 13.7 Å². The van der Waals surface area contributed by atoms with Gasteiger partial charge in [0.25, 0.3) is 5.91 Å². The van der Waals surface area contributed by atoms with Gasteiger partial charge in [-0.25, -0.2) is 0 Å². The summed E-state index contributed by atoms with van der Waals surface area (Å²) in [4.78, 5) is 13.4. The first-order valence-electron chi connectivity index (χ1n) is 6.19. The fourth-order valence-corrected chi connectivity index (χ4v) is 1.69. The van der Waals surface area contributed by atoms with Crippen LogP contribution in [0.3, 0.4) is 0 Å². The maximum absolute atomic E-state index is 11.8. The molecule has 0 aliphatic rings. The maximum atomic E-state index is 11.8. The number of halogens is 1. The SMILES string of the molecule is CC(C)N(C)C(=O)COc1ccc(Cl)cc1[C@@H](C)O. The molecule has 106 valence electrons. The molecule has 1 rings (SSSR count). The molecule has 0 spiro atoms. The second-order valence-electron chi connectivity index (χ2n) is 4.75. The minimum absolute atomic E-state index is 0.0595. The second-order valence-corrected chi connectivity index (χ2v) is 5.18. The van der Waals surface area contributed by atoms with Gasteiger partial charge in [-0.15, -0.1) is 0 Å². The normalized spacial score (nSPS) is 12.4. The van der Waals surface area contributed by atoms with Crippen LogP contribution in [0.25, 0.3) is 0 Å². The van der Waals surface area contributed by atoms with Gasteiger partial charge in [0.15, 0.2) is 6.61 Å². The molecule has 0 aliphatic heterocycles. The molecule has 1 aromatic rings. The van der Waals surface area contributed by atoms with Gasteiger partial charge in [0.2, 0.25) is 0 Å². The number of hydrogen-bond donors (Lipinski definition) is 1. The Morgan fingerprint density at radius 1 is 1.42 bits per heavy atom. The molecule has 0 bridgehead atoms. The number of rotatable bonds is 5. The van der Waals surface area contributed by atoms with Crippen LogP contribution in [0.2, 0.25) is 5.02 Å². The summed E-state index contributed by atoms with van der Waals surface area (Å²) in [5.41, 5.74) is 0.576. The molecule has 0 aliphatic carbocycles. The molecule has 0 aromatic heterocycles. The molecule has 0 saturated heterocycles. The van der Waals surface area contributed by atoms with Crippen LogP contribution >= 0.6 is 11.6 Å². The van der Waals surface area contributed by atoms with Crippen molar-refractivity contribution >= 4 is 17.5 Å². The number of likely N-dealkylation sites (N-methyl/N-ethyl adjacent to an activating group) is 1. The molecule has 0 unspecified atom stereocenters. The van der Waals surface area contributed by atoms with Gasteiger partial charge in [0, 0.05) is 23.7 Å². The highest BCUT2D eigenvalue weighted by Crippen LogP contribution is 2.28. The molecule has 1 N–H and O–H groups in total. The van der Waals surface area contributed by atoms with Crippen molar-refractivity contribution in [1.29, 1.82) is 0 Å². The third-order valence-corrected chi connectivity index (χ3v) is 3.18. The highest BCUT2D eigenvalue weighted by atomic mass is 35.5. The lowest BCUT2D eigenvalue weighted by Gasteiger charge is -2.22. The summed E-state index contributed by atoms with van der Waals surface area (Å²) in [6, 6.07) is 5.09. The fourth-order valence-electron chi connectivity index (χ4n) is 1.51. The minimum Gasteiger partial charge on any atom is -0.483 e. The lowest BCUT2D eigenvalue weighted by atomic mass is 10.1. The van der Waals surface area contributed by atoms with E-state index in [1.54, 1.807) is 37.1 Å². The van der Waals surface area contributed by atoms with Crippen molar-refractivity contribution in [2.45, 2.75) is 32.9 Å². The number of benzene rings is 1. The Labute approximate surface area is 118 Å². The summed E-state index contributed by atoms with van der Waals surface area (Å²) < 4.78 is 5.48. The van der Waals surface area contributed by atoms with Crippen LogP contribution < -0.4 is 4.74 Å². The van der Waals surface area contributed by atoms with E-state index in [4.69, 9.17) is 16.3 Å². The number of amides is 1. The van der Waals surface area contributed by atoms with Crippen molar-refractivity contribution in [3.8, 4) is 5.75 Å². The molecular weight excluding hydrogens is 266 g/mol. The largest absolute Gasteiger partial charge is 0.483 e. The second kappa shape index (κ2) is 6.78. The van der Waals surface area contributed by atoms with Crippen LogP contribution in [-0.4, -0.2) is 35.6 Å². The average Bonchev–Trinajstić information content (AvgIpc) is 2.35. The zero-order chi connectivity index (χ0) is 14.6. The summed E-state index contributed by atoms with van der Waals surface area (Å²) in [7, 11) is 1.73. The topological polar surface area (TPSA) is 49.8 Å². The van der Waals surface area contributed by atoms with Crippen LogP contribution in [0.5, 0.6) is 5.75 Å². The van der Waals surface area contributed by atoms with Gasteiger partial charge in [0.05, 0.1) is 6.10 Å². The molecule has 0 radical (unpaired) electrons. The number of ether oxygens (including phenoxy) is 1. The van der Waals surface area contributed by atoms with E-state index in [0.717, 1.165) is 0 Å². The molecule has 0 fully saturated rings. The van der Waals surface area contributed by atoms with Crippen LogP contribution in [-0.2, 0) is 4.79 Å². The van der Waals surface area contributed by atoms with Crippen LogP contribution in [0.15, 0.2) is 18.2 Å². The number of carbonyl (C=O) groups excluding carboxylic acids is 1. The summed E-state index contributed by atoms with van der Waals surface area (Å²) in [6.07, 6.45) is -0.702. The summed E-state index contributed by atoms with van der Waals surface area (Å²) >= 11 is 5.87. The first-order chi connectivity index (χ1) is 8.82. The van der Waals surface area contributed by atoms with E-state index in [2.05, 4.69) is 0 Å². The van der Waals surface area contributed by atoms with Crippen LogP contribution in [0.1, 0.15) is 32.4 Å². The van der Waals surface area contributed by atoms with E-state index in [0.29, 0.717) is 16.3 Å². The monoisotopic (exact) mass is 285 g/mol. The Balaban J connectivity index is 2.75. The van der Waals surface area contributed by atoms with E-state index in [-0.39, 0.29) is 18.6 Å².